The lowest BCUT2D eigenvalue weighted by molar-refractivity contribution is -0.0498. The van der Waals surface area contributed by atoms with Crippen LogP contribution in [0.15, 0.2) is 23.1 Å². The number of ether oxygens (including phenoxy) is 1. The van der Waals surface area contributed by atoms with Gasteiger partial charge in [-0.3, -0.25) is 0 Å². The van der Waals surface area contributed by atoms with Crippen LogP contribution in [0.2, 0.25) is 5.02 Å². The van der Waals surface area contributed by atoms with Gasteiger partial charge in [0.15, 0.2) is 0 Å². The van der Waals surface area contributed by atoms with E-state index in [2.05, 4.69) is 9.46 Å². The Morgan fingerprint density at radius 3 is 2.43 bits per heavy atom. The Balaban J connectivity index is 0.00000400. The van der Waals surface area contributed by atoms with E-state index < -0.39 is 22.2 Å². The molecule has 0 saturated carbocycles. The molecule has 0 aromatic heterocycles. The van der Waals surface area contributed by atoms with Crippen molar-refractivity contribution in [2.24, 2.45) is 5.73 Å². The fraction of sp³-hybridized carbons (Fsp3) is 0.455. The van der Waals surface area contributed by atoms with Crippen molar-refractivity contribution in [3.8, 4) is 5.75 Å². The first-order chi connectivity index (χ1) is 9.07. The molecular weight excluding hydrogens is 349 g/mol. The van der Waals surface area contributed by atoms with E-state index >= 15 is 0 Å². The SMILES string of the molecule is CC(C)(CN)NS(=O)(=O)c1ccc(OC(F)F)c(Cl)c1.Cl. The van der Waals surface area contributed by atoms with Crippen molar-refractivity contribution in [1.82, 2.24) is 4.72 Å². The van der Waals surface area contributed by atoms with Gasteiger partial charge in [0, 0.05) is 12.1 Å². The van der Waals surface area contributed by atoms with Gasteiger partial charge in [-0.2, -0.15) is 8.78 Å². The van der Waals surface area contributed by atoms with Crippen LogP contribution in [0.5, 0.6) is 5.75 Å². The number of alkyl halides is 2. The van der Waals surface area contributed by atoms with Gasteiger partial charge in [0.1, 0.15) is 5.75 Å². The molecule has 0 aliphatic heterocycles. The first-order valence-electron chi connectivity index (χ1n) is 5.56. The standard InChI is InChI=1S/C11H15ClF2N2O3S.ClH/c1-11(2,6-15)16-20(17,18)7-3-4-9(8(12)5-7)19-10(13)14;/h3-5,10,16H,6,15H2,1-2H3;1H. The summed E-state index contributed by atoms with van der Waals surface area (Å²) in [5.74, 6) is -0.293. The molecule has 0 aliphatic carbocycles. The van der Waals surface area contributed by atoms with Crippen molar-refractivity contribution in [3.63, 3.8) is 0 Å². The fourth-order valence-corrected chi connectivity index (χ4v) is 3.04. The molecule has 5 nitrogen and oxygen atoms in total. The number of sulfonamides is 1. The minimum Gasteiger partial charge on any atom is -0.433 e. The van der Waals surface area contributed by atoms with Gasteiger partial charge in [-0.15, -0.1) is 12.4 Å². The first-order valence-corrected chi connectivity index (χ1v) is 7.42. The number of benzene rings is 1. The van der Waals surface area contributed by atoms with Crippen LogP contribution in [-0.2, 0) is 10.0 Å². The number of halogens is 4. The van der Waals surface area contributed by atoms with E-state index in [0.29, 0.717) is 0 Å². The summed E-state index contributed by atoms with van der Waals surface area (Å²) >= 11 is 5.71. The van der Waals surface area contributed by atoms with Crippen molar-refractivity contribution < 1.29 is 21.9 Å². The number of hydrogen-bond donors (Lipinski definition) is 2. The molecule has 0 radical (unpaired) electrons. The lowest BCUT2D eigenvalue weighted by Crippen LogP contribution is -2.48. The van der Waals surface area contributed by atoms with E-state index in [-0.39, 0.29) is 34.6 Å². The predicted octanol–water partition coefficient (Wildman–Crippen LogP) is 2.38. The quantitative estimate of drug-likeness (QED) is 0.811. The summed E-state index contributed by atoms with van der Waals surface area (Å²) in [4.78, 5) is -0.161. The molecule has 0 bridgehead atoms. The highest BCUT2D eigenvalue weighted by Crippen LogP contribution is 2.28. The van der Waals surface area contributed by atoms with Gasteiger partial charge < -0.3 is 10.5 Å². The smallest absolute Gasteiger partial charge is 0.387 e. The Bertz CT molecular complexity index is 583. The number of nitrogens with two attached hydrogens (primary N) is 1. The van der Waals surface area contributed by atoms with E-state index in [4.69, 9.17) is 17.3 Å². The molecule has 0 fully saturated rings. The molecule has 0 amide bonds. The van der Waals surface area contributed by atoms with Crippen LogP contribution >= 0.6 is 24.0 Å². The minimum atomic E-state index is -3.86. The molecule has 0 atom stereocenters. The molecular formula is C11H16Cl2F2N2O3S. The van der Waals surface area contributed by atoms with Crippen LogP contribution in [0.1, 0.15) is 13.8 Å². The van der Waals surface area contributed by atoms with Crippen molar-refractivity contribution in [2.75, 3.05) is 6.54 Å². The first kappa shape index (κ1) is 20.3. The molecule has 0 heterocycles. The van der Waals surface area contributed by atoms with Gasteiger partial charge in [0.25, 0.3) is 0 Å². The maximum Gasteiger partial charge on any atom is 0.387 e. The van der Waals surface area contributed by atoms with Crippen LogP contribution in [0, 0.1) is 0 Å². The largest absolute Gasteiger partial charge is 0.433 e. The molecule has 10 heteroatoms. The summed E-state index contributed by atoms with van der Waals surface area (Å²) < 4.78 is 54.8. The number of hydrogen-bond acceptors (Lipinski definition) is 4. The zero-order valence-corrected chi connectivity index (χ0v) is 13.7. The Hall–Kier alpha value is -0.670. The molecule has 1 aromatic carbocycles. The highest BCUT2D eigenvalue weighted by Gasteiger charge is 2.25. The summed E-state index contributed by atoms with van der Waals surface area (Å²) in [5, 5.41) is -0.223. The molecule has 1 aromatic rings. The zero-order valence-electron chi connectivity index (χ0n) is 11.3. The maximum atomic E-state index is 12.1. The third-order valence-electron chi connectivity index (χ3n) is 2.35. The molecule has 122 valence electrons. The monoisotopic (exact) mass is 364 g/mol. The summed E-state index contributed by atoms with van der Waals surface area (Å²) in [6.07, 6.45) is 0. The molecule has 0 saturated heterocycles. The van der Waals surface area contributed by atoms with Crippen molar-refractivity contribution in [2.45, 2.75) is 30.9 Å². The van der Waals surface area contributed by atoms with E-state index in [1.54, 1.807) is 13.8 Å². The van der Waals surface area contributed by atoms with Gasteiger partial charge in [-0.1, -0.05) is 11.6 Å². The summed E-state index contributed by atoms with van der Waals surface area (Å²) in [7, 11) is -3.86. The molecule has 0 aliphatic rings. The fourth-order valence-electron chi connectivity index (χ4n) is 1.30. The Labute approximate surface area is 133 Å². The molecule has 0 spiro atoms. The minimum absolute atomic E-state index is 0. The summed E-state index contributed by atoms with van der Waals surface area (Å²) in [6, 6.07) is 3.23. The average molecular weight is 365 g/mol. The number of nitrogens with one attached hydrogen (secondary N) is 1. The zero-order chi connectivity index (χ0) is 15.6. The van der Waals surface area contributed by atoms with Crippen LogP contribution in [0.25, 0.3) is 0 Å². The van der Waals surface area contributed by atoms with Crippen molar-refractivity contribution >= 4 is 34.0 Å². The van der Waals surface area contributed by atoms with Crippen LogP contribution < -0.4 is 15.2 Å². The highest BCUT2D eigenvalue weighted by molar-refractivity contribution is 7.89. The maximum absolute atomic E-state index is 12.1. The van der Waals surface area contributed by atoms with Crippen LogP contribution in [0.3, 0.4) is 0 Å². The van der Waals surface area contributed by atoms with Gasteiger partial charge in [-0.25, -0.2) is 13.1 Å². The molecule has 21 heavy (non-hydrogen) atoms. The molecule has 1 rings (SSSR count). The third-order valence-corrected chi connectivity index (χ3v) is 4.34. The average Bonchev–Trinajstić information content (AvgIpc) is 2.30. The number of rotatable bonds is 6. The Kier molecular flexibility index (Phi) is 7.31. The third kappa shape index (κ3) is 5.91. The van der Waals surface area contributed by atoms with Gasteiger partial charge in [0.05, 0.1) is 9.92 Å². The van der Waals surface area contributed by atoms with Gasteiger partial charge >= 0.3 is 6.61 Å². The summed E-state index contributed by atoms with van der Waals surface area (Å²) in [6.45, 7) is 0.275. The van der Waals surface area contributed by atoms with Crippen LogP contribution in [-0.4, -0.2) is 27.1 Å². The molecule has 0 unspecified atom stereocenters. The second kappa shape index (κ2) is 7.55. The van der Waals surface area contributed by atoms with Crippen molar-refractivity contribution in [1.29, 1.82) is 0 Å². The Morgan fingerprint density at radius 2 is 2.00 bits per heavy atom. The summed E-state index contributed by atoms with van der Waals surface area (Å²) in [5.41, 5.74) is 4.60. The topological polar surface area (TPSA) is 81.4 Å². The predicted molar refractivity (Wildman–Crippen MR) is 78.8 cm³/mol. The van der Waals surface area contributed by atoms with Gasteiger partial charge in [-0.05, 0) is 32.0 Å². The van der Waals surface area contributed by atoms with E-state index in [9.17, 15) is 17.2 Å². The van der Waals surface area contributed by atoms with Crippen LogP contribution in [0.4, 0.5) is 8.78 Å². The van der Waals surface area contributed by atoms with E-state index in [0.717, 1.165) is 18.2 Å². The lowest BCUT2D eigenvalue weighted by atomic mass is 10.1. The van der Waals surface area contributed by atoms with Crippen molar-refractivity contribution in [3.05, 3.63) is 23.2 Å². The van der Waals surface area contributed by atoms with Gasteiger partial charge in [0.2, 0.25) is 10.0 Å². The van der Waals surface area contributed by atoms with E-state index in [1.165, 1.54) is 0 Å². The molecule has 3 N–H and O–H groups in total. The van der Waals surface area contributed by atoms with E-state index in [1.807, 2.05) is 0 Å². The highest BCUT2D eigenvalue weighted by atomic mass is 35.5. The lowest BCUT2D eigenvalue weighted by Gasteiger charge is -2.24. The second-order valence-corrected chi connectivity index (χ2v) is 6.75. The normalized spacial score (nSPS) is 12.1. The Morgan fingerprint density at radius 1 is 1.43 bits per heavy atom. The second-order valence-electron chi connectivity index (χ2n) is 4.66.